The van der Waals surface area contributed by atoms with E-state index in [4.69, 9.17) is 21.1 Å². The van der Waals surface area contributed by atoms with E-state index < -0.39 is 17.5 Å². The van der Waals surface area contributed by atoms with Crippen molar-refractivity contribution >= 4 is 51.8 Å². The summed E-state index contributed by atoms with van der Waals surface area (Å²) in [6.07, 6.45) is 1.93. The maximum Gasteiger partial charge on any atom is 0.278 e. The summed E-state index contributed by atoms with van der Waals surface area (Å²) in [5.41, 5.74) is 1.25. The number of hydrogen-bond donors (Lipinski definition) is 2. The lowest BCUT2D eigenvalue weighted by molar-refractivity contribution is -0.164. The molecule has 0 radical (unpaired) electrons. The number of anilines is 1. The predicted molar refractivity (Wildman–Crippen MR) is 241 cm³/mol. The van der Waals surface area contributed by atoms with E-state index in [9.17, 15) is 29.2 Å². The van der Waals surface area contributed by atoms with Crippen LogP contribution in [-0.4, -0.2) is 113 Å². The molecule has 16 nitrogen and oxygen atoms in total. The Morgan fingerprint density at radius 2 is 1.60 bits per heavy atom. The number of nitrogens with one attached hydrogen (secondary N) is 2. The number of halogens is 1. The molecule has 5 aliphatic rings. The van der Waals surface area contributed by atoms with Gasteiger partial charge >= 0.3 is 0 Å². The molecule has 9 rings (SSSR count). The lowest BCUT2D eigenvalue weighted by Crippen LogP contribution is -2.74. The highest BCUT2D eigenvalue weighted by Crippen LogP contribution is 2.55. The third kappa shape index (κ3) is 8.63. The van der Waals surface area contributed by atoms with Gasteiger partial charge in [0.15, 0.2) is 6.61 Å². The number of nitrogens with zero attached hydrogens (tertiary/aromatic N) is 7. The number of amides is 4. The minimum atomic E-state index is -0.929. The maximum absolute atomic E-state index is 13.6. The highest BCUT2D eigenvalue weighted by Gasteiger charge is 2.64. The summed E-state index contributed by atoms with van der Waals surface area (Å²) in [4.78, 5) is 70.9. The molecule has 3 unspecified atom stereocenters. The predicted octanol–water partition coefficient (Wildman–Crippen LogP) is 4.59. The number of benzene rings is 3. The van der Waals surface area contributed by atoms with Gasteiger partial charge in [0.05, 0.1) is 16.0 Å². The monoisotopic (exact) mass is 903 g/mol. The molecule has 4 aliphatic heterocycles. The average molecular weight is 904 g/mol. The van der Waals surface area contributed by atoms with Gasteiger partial charge in [-0.25, -0.2) is 0 Å². The van der Waals surface area contributed by atoms with E-state index in [0.717, 1.165) is 55.9 Å². The van der Waals surface area contributed by atoms with Crippen LogP contribution >= 0.6 is 11.6 Å². The number of carbonyl (C=O) groups is 4. The van der Waals surface area contributed by atoms with Crippen molar-refractivity contribution in [3.63, 3.8) is 0 Å². The summed E-state index contributed by atoms with van der Waals surface area (Å²) in [5, 5.41) is 23.3. The third-order valence-electron chi connectivity index (χ3n) is 14.5. The van der Waals surface area contributed by atoms with Crippen LogP contribution in [0, 0.1) is 39.9 Å². The lowest BCUT2D eigenvalue weighted by atomic mass is 9.49. The molecule has 4 amide bonds. The molecular formula is C48H54ClN9O7. The van der Waals surface area contributed by atoms with Crippen LogP contribution in [0.15, 0.2) is 65.5 Å². The number of nitriles is 1. The molecule has 4 saturated heterocycles. The van der Waals surface area contributed by atoms with Crippen molar-refractivity contribution in [2.24, 2.45) is 28.6 Å². The van der Waals surface area contributed by atoms with Crippen LogP contribution < -0.4 is 30.6 Å². The SMILES string of the molecule is CC1(C)[C@H](NC(=O)c2ccc(N3CC4CN(CC5CCN(C(=O)COc6ccc7nnn(C8CCC(=O)NC8=O)c(=O)c7c6)CC5)CC4C3)cc2)C(C)(C)[C@H]1Oc1ccc(C#N)c(Cl)c1. The number of rotatable bonds is 11. The molecule has 5 heterocycles. The van der Waals surface area contributed by atoms with Crippen LogP contribution in [-0.2, 0) is 14.4 Å². The number of aromatic nitrogens is 3. The highest BCUT2D eigenvalue weighted by atomic mass is 35.5. The van der Waals surface area contributed by atoms with Gasteiger partial charge in [-0.2, -0.15) is 9.94 Å². The second kappa shape index (κ2) is 17.4. The molecule has 340 valence electrons. The van der Waals surface area contributed by atoms with Gasteiger partial charge in [-0.1, -0.05) is 44.5 Å². The van der Waals surface area contributed by atoms with Crippen molar-refractivity contribution in [1.82, 2.24) is 35.4 Å². The Balaban J connectivity index is 0.705. The van der Waals surface area contributed by atoms with E-state index in [2.05, 4.69) is 76.6 Å². The molecule has 2 N–H and O–H groups in total. The van der Waals surface area contributed by atoms with Gasteiger partial charge in [-0.15, -0.1) is 5.10 Å². The Bertz CT molecular complexity index is 2610. The zero-order valence-corrected chi connectivity index (χ0v) is 37.8. The molecule has 0 bridgehead atoms. The number of hydrogen-bond acceptors (Lipinski definition) is 12. The fourth-order valence-corrected chi connectivity index (χ4v) is 11.5. The van der Waals surface area contributed by atoms with E-state index >= 15 is 0 Å². The second-order valence-corrected chi connectivity index (χ2v) is 20.0. The molecule has 1 aromatic heterocycles. The Labute approximate surface area is 382 Å². The first-order valence-electron chi connectivity index (χ1n) is 22.5. The molecule has 3 atom stereocenters. The van der Waals surface area contributed by atoms with Crippen molar-refractivity contribution in [1.29, 1.82) is 5.26 Å². The average Bonchev–Trinajstić information content (AvgIpc) is 3.86. The molecule has 4 aromatic rings. The minimum Gasteiger partial charge on any atom is -0.489 e. The van der Waals surface area contributed by atoms with Crippen LogP contribution in [0.5, 0.6) is 11.5 Å². The molecule has 3 aromatic carbocycles. The lowest BCUT2D eigenvalue weighted by Gasteiger charge is -2.63. The van der Waals surface area contributed by atoms with Crippen molar-refractivity contribution in [3.8, 4) is 17.6 Å². The van der Waals surface area contributed by atoms with Gasteiger partial charge in [-0.3, -0.25) is 29.3 Å². The van der Waals surface area contributed by atoms with E-state index in [1.165, 1.54) is 6.07 Å². The molecule has 17 heteroatoms. The van der Waals surface area contributed by atoms with Crippen LogP contribution in [0.25, 0.3) is 10.9 Å². The number of ether oxygens (including phenoxy) is 2. The van der Waals surface area contributed by atoms with Crippen LogP contribution in [0.3, 0.4) is 0 Å². The van der Waals surface area contributed by atoms with Gasteiger partial charge in [0, 0.05) is 86.4 Å². The second-order valence-electron chi connectivity index (χ2n) is 19.6. The van der Waals surface area contributed by atoms with Crippen LogP contribution in [0.2, 0.25) is 5.02 Å². The molecule has 5 fully saturated rings. The summed E-state index contributed by atoms with van der Waals surface area (Å²) in [6.45, 7) is 14.7. The van der Waals surface area contributed by atoms with Crippen molar-refractivity contribution in [3.05, 3.63) is 87.2 Å². The fraction of sp³-hybridized carbons (Fsp3) is 0.500. The Morgan fingerprint density at radius 1 is 0.908 bits per heavy atom. The first-order chi connectivity index (χ1) is 31.1. The number of imide groups is 1. The quantitative estimate of drug-likeness (QED) is 0.199. The largest absolute Gasteiger partial charge is 0.489 e. The number of carbonyl (C=O) groups excluding carboxylic acids is 4. The standard InChI is InChI=1S/C48H54ClN9O7/c1-47(2)45(48(3,4)46(47)65-35-10-7-30(21-50)37(49)20-35)52-42(61)29-5-8-33(9-6-29)57-25-31-23-55(24-32(31)26-57)22-28-15-17-56(18-16-28)41(60)27-64-34-11-12-38-36(19-34)44(63)58(54-53-38)39-13-14-40(59)51-43(39)62/h5-12,19-20,28,31-32,39,45-46H,13-18,22-27H2,1-4H3,(H,52,61)(H,51,59,62)/t31?,32?,39?,45-,46-. The zero-order valence-electron chi connectivity index (χ0n) is 37.1. The van der Waals surface area contributed by atoms with Crippen LogP contribution in [0.4, 0.5) is 5.69 Å². The maximum atomic E-state index is 13.6. The zero-order chi connectivity index (χ0) is 45.8. The smallest absolute Gasteiger partial charge is 0.278 e. The highest BCUT2D eigenvalue weighted by molar-refractivity contribution is 6.31. The normalized spacial score (nSPS) is 25.1. The van der Waals surface area contributed by atoms with Crippen molar-refractivity contribution in [2.75, 3.05) is 57.3 Å². The van der Waals surface area contributed by atoms with Gasteiger partial charge in [0.1, 0.15) is 35.2 Å². The van der Waals surface area contributed by atoms with Gasteiger partial charge in [0.2, 0.25) is 5.91 Å². The summed E-state index contributed by atoms with van der Waals surface area (Å²) in [6, 6.07) is 18.8. The van der Waals surface area contributed by atoms with E-state index in [1.807, 2.05) is 17.0 Å². The molecule has 0 spiro atoms. The van der Waals surface area contributed by atoms with Crippen molar-refractivity contribution < 1.29 is 28.7 Å². The number of likely N-dealkylation sites (tertiary alicyclic amines) is 2. The Hall–Kier alpha value is -6.05. The van der Waals surface area contributed by atoms with E-state index in [0.29, 0.717) is 64.0 Å². The molecule has 1 saturated carbocycles. The number of piperidine rings is 2. The first-order valence-corrected chi connectivity index (χ1v) is 22.8. The number of fused-ring (bicyclic) bond motifs is 2. The summed E-state index contributed by atoms with van der Waals surface area (Å²) in [5.74, 6) is 1.41. The van der Waals surface area contributed by atoms with E-state index in [1.54, 1.807) is 30.3 Å². The van der Waals surface area contributed by atoms with Gasteiger partial charge in [-0.05, 0) is 91.6 Å². The first kappa shape index (κ1) is 44.2. The van der Waals surface area contributed by atoms with Gasteiger partial charge < -0.3 is 29.5 Å². The Morgan fingerprint density at radius 3 is 2.26 bits per heavy atom. The topological polar surface area (TPSA) is 192 Å². The molecular weight excluding hydrogens is 850 g/mol. The summed E-state index contributed by atoms with van der Waals surface area (Å²) < 4.78 is 13.2. The van der Waals surface area contributed by atoms with Crippen LogP contribution in [0.1, 0.15) is 75.3 Å². The summed E-state index contributed by atoms with van der Waals surface area (Å²) >= 11 is 6.26. The Kier molecular flexibility index (Phi) is 11.8. The molecule has 1 aliphatic carbocycles. The third-order valence-corrected chi connectivity index (χ3v) is 14.8. The van der Waals surface area contributed by atoms with Gasteiger partial charge in [0.25, 0.3) is 23.3 Å². The fourth-order valence-electron chi connectivity index (χ4n) is 11.3. The van der Waals surface area contributed by atoms with Crippen molar-refractivity contribution in [2.45, 2.75) is 71.6 Å². The molecule has 65 heavy (non-hydrogen) atoms. The summed E-state index contributed by atoms with van der Waals surface area (Å²) in [7, 11) is 0. The minimum absolute atomic E-state index is 0.103. The van der Waals surface area contributed by atoms with E-state index in [-0.39, 0.29) is 65.5 Å².